The molecule has 1 aliphatic rings. The number of sulfonamides is 1. The van der Waals surface area contributed by atoms with E-state index in [0.29, 0.717) is 30.8 Å². The molecule has 1 saturated heterocycles. The third kappa shape index (κ3) is 6.88. The average Bonchev–Trinajstić information content (AvgIpc) is 2.76. The topological polar surface area (TPSA) is 105 Å². The highest BCUT2D eigenvalue weighted by atomic mass is 32.2. The largest absolute Gasteiger partial charge is 0.372 e. The maximum Gasteiger partial charge on any atom is 0.254 e. The highest BCUT2D eigenvalue weighted by Crippen LogP contribution is 2.17. The third-order valence-electron chi connectivity index (χ3n) is 5.66. The van der Waals surface area contributed by atoms with Gasteiger partial charge < -0.3 is 15.0 Å². The van der Waals surface area contributed by atoms with Crippen LogP contribution in [0.3, 0.4) is 0 Å². The molecular formula is C25H33N3O5S. The maximum atomic E-state index is 12.8. The molecule has 2 aromatic rings. The van der Waals surface area contributed by atoms with Gasteiger partial charge in [-0.2, -0.15) is 0 Å². The highest BCUT2D eigenvalue weighted by molar-refractivity contribution is 7.89. The summed E-state index contributed by atoms with van der Waals surface area (Å²) in [4.78, 5) is 26.9. The van der Waals surface area contributed by atoms with Crippen LogP contribution in [0.25, 0.3) is 0 Å². The van der Waals surface area contributed by atoms with E-state index < -0.39 is 10.0 Å². The number of amides is 2. The zero-order valence-electron chi connectivity index (χ0n) is 20.1. The monoisotopic (exact) mass is 487 g/mol. The molecule has 8 nitrogen and oxygen atoms in total. The van der Waals surface area contributed by atoms with Crippen LogP contribution in [-0.4, -0.2) is 57.0 Å². The number of carbonyl (C=O) groups is 2. The molecule has 0 aromatic heterocycles. The van der Waals surface area contributed by atoms with Crippen LogP contribution in [0.5, 0.6) is 0 Å². The molecule has 2 amide bonds. The lowest BCUT2D eigenvalue weighted by Crippen LogP contribution is -2.48. The summed E-state index contributed by atoms with van der Waals surface area (Å²) in [5, 5.41) is 2.78. The van der Waals surface area contributed by atoms with Crippen LogP contribution < -0.4 is 10.0 Å². The minimum Gasteiger partial charge on any atom is -0.372 e. The number of hydrogen-bond acceptors (Lipinski definition) is 5. The minimum absolute atomic E-state index is 0.00527. The fourth-order valence-corrected chi connectivity index (χ4v) is 5.31. The van der Waals surface area contributed by atoms with E-state index in [0.717, 1.165) is 11.1 Å². The van der Waals surface area contributed by atoms with Crippen molar-refractivity contribution >= 4 is 21.8 Å². The zero-order chi connectivity index (χ0) is 24.9. The fourth-order valence-electron chi connectivity index (χ4n) is 4.06. The normalized spacial score (nSPS) is 18.5. The lowest BCUT2D eigenvalue weighted by atomic mass is 10.1. The van der Waals surface area contributed by atoms with E-state index >= 15 is 0 Å². The number of ether oxygens (including phenoxy) is 1. The average molecular weight is 488 g/mol. The molecule has 2 N–H and O–H groups in total. The first-order valence-corrected chi connectivity index (χ1v) is 12.9. The van der Waals surface area contributed by atoms with E-state index in [-0.39, 0.29) is 41.9 Å². The second-order valence-corrected chi connectivity index (χ2v) is 10.6. The van der Waals surface area contributed by atoms with E-state index in [1.807, 2.05) is 39.0 Å². The van der Waals surface area contributed by atoms with E-state index in [1.165, 1.54) is 0 Å². The SMILES string of the molecule is Cc1ccc(S(=O)(=O)NCCC(=O)NCc2ccc(C(=O)N3CC(C)OC(C)C3)cc2)c(C)c1. The standard InChI is InChI=1S/C25H33N3O5S/c1-17-5-10-23(18(2)13-17)34(31,32)27-12-11-24(29)26-14-21-6-8-22(9-7-21)25(30)28-15-19(3)33-20(4)16-28/h5-10,13,19-20,27H,11-12,14-16H2,1-4H3,(H,26,29). The number of nitrogens with one attached hydrogen (secondary N) is 2. The molecule has 34 heavy (non-hydrogen) atoms. The van der Waals surface area contributed by atoms with Crippen molar-refractivity contribution in [1.82, 2.24) is 14.9 Å². The molecule has 2 atom stereocenters. The summed E-state index contributed by atoms with van der Waals surface area (Å²) < 4.78 is 33.1. The fraction of sp³-hybridized carbons (Fsp3) is 0.440. The van der Waals surface area contributed by atoms with E-state index in [4.69, 9.17) is 4.74 Å². The van der Waals surface area contributed by atoms with E-state index in [2.05, 4.69) is 10.0 Å². The van der Waals surface area contributed by atoms with Gasteiger partial charge in [-0.25, -0.2) is 13.1 Å². The Morgan fingerprint density at radius 3 is 2.29 bits per heavy atom. The molecule has 1 heterocycles. The smallest absolute Gasteiger partial charge is 0.254 e. The Kier molecular flexibility index (Phi) is 8.46. The molecule has 0 saturated carbocycles. The first-order chi connectivity index (χ1) is 16.0. The summed E-state index contributed by atoms with van der Waals surface area (Å²) in [5.41, 5.74) is 3.09. The van der Waals surface area contributed by atoms with Gasteiger partial charge in [-0.1, -0.05) is 29.8 Å². The molecule has 184 valence electrons. The maximum absolute atomic E-state index is 12.8. The Labute approximate surface area is 201 Å². The summed E-state index contributed by atoms with van der Waals surface area (Å²) in [6.45, 7) is 8.98. The summed E-state index contributed by atoms with van der Waals surface area (Å²) in [6.07, 6.45) is 0.0360. The number of hydrogen-bond donors (Lipinski definition) is 2. The molecule has 1 aliphatic heterocycles. The molecule has 2 unspecified atom stereocenters. The first-order valence-electron chi connectivity index (χ1n) is 11.4. The van der Waals surface area contributed by atoms with Gasteiger partial charge >= 0.3 is 0 Å². The van der Waals surface area contributed by atoms with Crippen molar-refractivity contribution in [3.05, 3.63) is 64.7 Å². The highest BCUT2D eigenvalue weighted by Gasteiger charge is 2.26. The van der Waals surface area contributed by atoms with Crippen molar-refractivity contribution < 1.29 is 22.7 Å². The predicted molar refractivity (Wildman–Crippen MR) is 130 cm³/mol. The molecule has 0 spiro atoms. The van der Waals surface area contributed by atoms with Crippen molar-refractivity contribution in [1.29, 1.82) is 0 Å². The van der Waals surface area contributed by atoms with Crippen LogP contribution in [0.15, 0.2) is 47.4 Å². The third-order valence-corrected chi connectivity index (χ3v) is 7.28. The van der Waals surface area contributed by atoms with Gasteiger partial charge in [-0.3, -0.25) is 9.59 Å². The van der Waals surface area contributed by atoms with Crippen LogP contribution in [0.2, 0.25) is 0 Å². The Morgan fingerprint density at radius 1 is 1.03 bits per heavy atom. The van der Waals surface area contributed by atoms with Gasteiger partial charge in [0.1, 0.15) is 0 Å². The summed E-state index contributed by atoms with van der Waals surface area (Å²) in [6, 6.07) is 12.3. The van der Waals surface area contributed by atoms with Gasteiger partial charge in [-0.15, -0.1) is 0 Å². The van der Waals surface area contributed by atoms with Crippen molar-refractivity contribution in [2.75, 3.05) is 19.6 Å². The Hall–Kier alpha value is -2.75. The molecule has 1 fully saturated rings. The van der Waals surface area contributed by atoms with E-state index in [1.54, 1.807) is 36.1 Å². The van der Waals surface area contributed by atoms with Crippen molar-refractivity contribution in [2.45, 2.75) is 57.8 Å². The van der Waals surface area contributed by atoms with Gasteiger partial charge in [-0.05, 0) is 57.0 Å². The number of morpholine rings is 1. The van der Waals surface area contributed by atoms with Gasteiger partial charge in [0, 0.05) is 38.2 Å². The van der Waals surface area contributed by atoms with Gasteiger partial charge in [0.25, 0.3) is 5.91 Å². The number of nitrogens with zero attached hydrogens (tertiary/aromatic N) is 1. The Bertz CT molecular complexity index is 1120. The van der Waals surface area contributed by atoms with Crippen LogP contribution in [0.4, 0.5) is 0 Å². The number of aryl methyl sites for hydroxylation is 2. The van der Waals surface area contributed by atoms with Crippen LogP contribution in [0, 0.1) is 13.8 Å². The minimum atomic E-state index is -3.67. The first kappa shape index (κ1) is 25.9. The lowest BCUT2D eigenvalue weighted by Gasteiger charge is -2.35. The molecule has 9 heteroatoms. The van der Waals surface area contributed by atoms with Gasteiger partial charge in [0.05, 0.1) is 17.1 Å². The molecular weight excluding hydrogens is 454 g/mol. The lowest BCUT2D eigenvalue weighted by molar-refractivity contribution is -0.121. The second-order valence-electron chi connectivity index (χ2n) is 8.86. The predicted octanol–water partition coefficient (Wildman–Crippen LogP) is 2.54. The van der Waals surface area contributed by atoms with Crippen molar-refractivity contribution in [3.63, 3.8) is 0 Å². The molecule has 3 rings (SSSR count). The molecule has 0 aliphatic carbocycles. The summed E-state index contributed by atoms with van der Waals surface area (Å²) in [7, 11) is -3.67. The van der Waals surface area contributed by atoms with E-state index in [9.17, 15) is 18.0 Å². The number of benzene rings is 2. The molecule has 0 radical (unpaired) electrons. The number of carbonyl (C=O) groups excluding carboxylic acids is 2. The molecule has 2 aromatic carbocycles. The second kappa shape index (κ2) is 11.1. The quantitative estimate of drug-likeness (QED) is 0.595. The van der Waals surface area contributed by atoms with Crippen molar-refractivity contribution in [3.8, 4) is 0 Å². The molecule has 0 bridgehead atoms. The Balaban J connectivity index is 1.45. The van der Waals surface area contributed by atoms with Crippen LogP contribution in [-0.2, 0) is 26.1 Å². The van der Waals surface area contributed by atoms with Crippen molar-refractivity contribution in [2.24, 2.45) is 0 Å². The van der Waals surface area contributed by atoms with Crippen LogP contribution >= 0.6 is 0 Å². The summed E-state index contributed by atoms with van der Waals surface area (Å²) in [5.74, 6) is -0.298. The summed E-state index contributed by atoms with van der Waals surface area (Å²) >= 11 is 0. The van der Waals surface area contributed by atoms with Crippen LogP contribution in [0.1, 0.15) is 47.3 Å². The van der Waals surface area contributed by atoms with Gasteiger partial charge in [0.2, 0.25) is 15.9 Å². The van der Waals surface area contributed by atoms with Gasteiger partial charge in [0.15, 0.2) is 0 Å². The number of rotatable bonds is 8. The Morgan fingerprint density at radius 2 is 1.68 bits per heavy atom. The zero-order valence-corrected chi connectivity index (χ0v) is 20.9.